The summed E-state index contributed by atoms with van der Waals surface area (Å²) in [6, 6.07) is 8.77. The van der Waals surface area contributed by atoms with Gasteiger partial charge in [0.1, 0.15) is 28.2 Å². The summed E-state index contributed by atoms with van der Waals surface area (Å²) in [4.78, 5) is 162. The number of imide groups is 4. The number of aromatic nitrogens is 12. The zero-order valence-corrected chi connectivity index (χ0v) is 94.1. The second-order valence-corrected chi connectivity index (χ2v) is 43.7. The zero-order chi connectivity index (χ0) is 100. The first-order valence-corrected chi connectivity index (χ1v) is 53.7. The van der Waals surface area contributed by atoms with E-state index in [9.17, 15) is 70.3 Å². The first kappa shape index (κ1) is 139. The van der Waals surface area contributed by atoms with E-state index in [1.54, 1.807) is 82.6 Å². The molecule has 2 aliphatic heterocycles. The second kappa shape index (κ2) is 82.3. The molecule has 2 fully saturated rings. The summed E-state index contributed by atoms with van der Waals surface area (Å²) >= 11 is 62.9. The Morgan fingerprint density at radius 3 is 1.30 bits per heavy atom. The average Bonchev–Trinajstić information content (AvgIpc) is 0.845. The van der Waals surface area contributed by atoms with Crippen molar-refractivity contribution in [2.24, 2.45) is 5.73 Å². The molecule has 720 valence electrons. The van der Waals surface area contributed by atoms with Crippen LogP contribution in [0.1, 0.15) is 27.2 Å². The van der Waals surface area contributed by atoms with Gasteiger partial charge in [0.2, 0.25) is 49.1 Å². The van der Waals surface area contributed by atoms with Gasteiger partial charge in [-0.1, -0.05) is 88.3 Å². The fourth-order valence-corrected chi connectivity index (χ4v) is 10.0. The van der Waals surface area contributed by atoms with E-state index in [0.29, 0.717) is 67.1 Å². The van der Waals surface area contributed by atoms with Crippen LogP contribution in [0.15, 0.2) is 110 Å². The number of urea groups is 2. The van der Waals surface area contributed by atoms with Gasteiger partial charge < -0.3 is 53.8 Å². The minimum absolute atomic E-state index is 0. The molecule has 9 N–H and O–H groups in total. The standard InChI is InChI=1S/C8H11N.C6H7ClN2OS.C6H9N3O2.2C6H8N2O3S.C6H8N2OS.C5H3Cl3N2S.C5H5ClN2S.C4H4N2O3.C4H8O3.C4H6O3.C3H6O2.C2H6N2S.2Cl3OP.2Zn/c1-9(2)8-6-4-3-5-7-8;1-10-4-3-8-6(11-2)9-5(4)7;1-7-6-8-3-4(11-2)5(10)9-6;1-11-5-3-7-6(8-4-5)12(2,9)10;1-12(2)3-4(9)7-6(11)8-5(3)10;1-9-5-3-7-6(10-2)8-4-5;1-11-2-3(6)9-5(8)10-4(2)7;1-9-4-2-7-5(6)8-3-4;7-2-1-3(8)6-4(9)5-2;1-6-3-4(5)7-2;1-3(5)7-4(2)6;1-2-5-3-4;1-5-2(3)4;2*1-5(2,3)4;;/h3-7H,1-2H3;3H,1-2H3;3H,1-2H3,(H2,7,8,9,10);3-4H,1-2H3;1-2H3,(H2,7,8,9,10,11);3-4H,1-2H3;1H3;2-3H,1H3;1H2,(H2,5,6,7,8,9);3H2,1-2H3;1-2H3;3H,2H2,1H3;1H3,(H3,3,4);;;;. The number of amides is 8. The molecule has 0 aliphatic carbocycles. The Morgan fingerprint density at radius 1 is 0.608 bits per heavy atom. The number of aromatic amines is 1. The Bertz CT molecular complexity index is 4710. The van der Waals surface area contributed by atoms with Gasteiger partial charge >= 0.3 is 40.4 Å². The third-order valence-electron chi connectivity index (χ3n) is 10.9. The molecule has 0 saturated carbocycles. The fourth-order valence-electron chi connectivity index (χ4n) is 5.81. The molecule has 8 heterocycles. The molecule has 2 saturated heterocycles. The number of rotatable bonds is 15. The number of ether oxygens (including phenoxy) is 8. The predicted octanol–water partition coefficient (Wildman–Crippen LogP) is 13.3. The monoisotopic (exact) mass is 2320 g/mol. The minimum atomic E-state index is -3.31. The number of amidine groups is 1. The molecule has 7 aromatic rings. The molecule has 0 atom stereocenters. The van der Waals surface area contributed by atoms with Gasteiger partial charge in [-0.25, -0.2) is 77.6 Å². The number of carbonyl (C=O) groups is 10. The van der Waals surface area contributed by atoms with Crippen LogP contribution in [0.2, 0.25) is 26.0 Å². The summed E-state index contributed by atoms with van der Waals surface area (Å²) in [5, 5.41) is 13.2. The van der Waals surface area contributed by atoms with Crippen LogP contribution in [0.25, 0.3) is 0 Å². The quantitative estimate of drug-likeness (QED) is 0.00384. The van der Waals surface area contributed by atoms with E-state index in [-0.39, 0.29) is 89.7 Å². The molecule has 9 rings (SSSR count). The van der Waals surface area contributed by atoms with Crippen LogP contribution in [-0.2, 0) is 115 Å². The summed E-state index contributed by atoms with van der Waals surface area (Å²) in [6.07, 6.45) is 25.9. The molecule has 6 aromatic heterocycles. The number of nitrogens with one attached hydrogen (secondary N) is 7. The van der Waals surface area contributed by atoms with E-state index in [0.717, 1.165) is 16.3 Å². The first-order chi connectivity index (χ1) is 59.5. The summed E-state index contributed by atoms with van der Waals surface area (Å²) in [6.45, 7) is 5.07. The van der Waals surface area contributed by atoms with Gasteiger partial charge in [0.05, 0.1) is 84.2 Å². The maximum absolute atomic E-state index is 11.0. The normalized spacial score (nSPS) is 10.8. The number of sulfone groups is 1. The Kier molecular flexibility index (Phi) is 88.2. The molecule has 0 spiro atoms. The number of nitrogens with two attached hydrogens (primary N) is 1. The van der Waals surface area contributed by atoms with Crippen molar-refractivity contribution in [1.82, 2.24) is 81.1 Å². The average molecular weight is 2330 g/mol. The topological polar surface area (TPSA) is 601 Å². The number of halogens is 11. The van der Waals surface area contributed by atoms with Crippen molar-refractivity contribution in [3.63, 3.8) is 0 Å². The first-order valence-electron chi connectivity index (χ1n) is 32.9. The number of nitrogens with zero attached hydrogens (tertiary/aromatic N) is 12. The molecule has 130 heavy (non-hydrogen) atoms. The van der Waals surface area contributed by atoms with Crippen molar-refractivity contribution < 1.29 is 142 Å². The summed E-state index contributed by atoms with van der Waals surface area (Å²) in [7, 11) is 10.8. The second-order valence-electron chi connectivity index (χ2n) is 20.6. The van der Waals surface area contributed by atoms with Crippen molar-refractivity contribution in [1.29, 1.82) is 5.41 Å². The number of carbonyl (C=O) groups excluding carboxylic acids is 10. The van der Waals surface area contributed by atoms with Gasteiger partial charge in [0, 0.05) is 110 Å². The fraction of sp³-hybridized carbons (Fsp3) is 0.354. The summed E-state index contributed by atoms with van der Waals surface area (Å²) in [5.74, 6) is -1.48. The van der Waals surface area contributed by atoms with Crippen LogP contribution in [-0.4, -0.2) is 265 Å². The molecular weight excluding hydrogens is 2240 g/mol. The largest absolute Gasteiger partial charge is 0.494 e. The van der Waals surface area contributed by atoms with Crippen LogP contribution >= 0.6 is 205 Å². The maximum Gasteiger partial charge on any atom is 0.339 e. The Labute approximate surface area is 851 Å². The van der Waals surface area contributed by atoms with Gasteiger partial charge in [-0.05, 0) is 153 Å². The molecule has 65 heteroatoms. The number of benzene rings is 1. The molecular formula is C65H89Cl11N20O23P2S7Zn2. The number of esters is 3. The molecule has 0 radical (unpaired) electrons. The zero-order valence-electron chi connectivity index (χ0n) is 72.4. The maximum atomic E-state index is 11.0. The SMILES string of the molecule is CC(=O)OC(C)=O.CCOC=O.CN(C)c1ccccc1.CNc1ncc(OC)c(=O)[nH]1.COCC(=O)OC.COc1cnc(S(C)(=O)=O)nc1.COc1cnc(SC)nc1.COc1cnc(SC)nc1Cl.CS(C)=C1C(=O)NC(=O)NC1=O.CSC(=N)N.CSc1c(Cl)nc(Cl)nc1Cl.CSc1cnc(Cl)nc1.O=C1CC(=O)NC(=O)N1.O=P(Cl)(Cl)Cl.O=P(Cl)(Cl)Cl.[Zn].[Zn]. The molecule has 0 bridgehead atoms. The van der Waals surface area contributed by atoms with Gasteiger partial charge in [0.15, 0.2) is 37.9 Å². The number of thioether (sulfide) groups is 5. The summed E-state index contributed by atoms with van der Waals surface area (Å²) in [5.41, 5.74) is 5.80. The van der Waals surface area contributed by atoms with Crippen molar-refractivity contribution in [2.45, 2.75) is 52.5 Å². The molecule has 1 aromatic carbocycles. The van der Waals surface area contributed by atoms with Crippen molar-refractivity contribution in [3.05, 3.63) is 116 Å². The number of hydrogen-bond donors (Lipinski definition) is 8. The number of H-pyrrole nitrogens is 1. The van der Waals surface area contributed by atoms with Crippen LogP contribution in [0.3, 0.4) is 0 Å². The van der Waals surface area contributed by atoms with Crippen LogP contribution in [0, 0.1) is 5.41 Å². The predicted molar refractivity (Wildman–Crippen MR) is 509 cm³/mol. The number of anilines is 2. The van der Waals surface area contributed by atoms with E-state index >= 15 is 0 Å². The molecule has 43 nitrogen and oxygen atoms in total. The van der Waals surface area contributed by atoms with Gasteiger partial charge in [-0.2, -0.15) is 10.5 Å². The summed E-state index contributed by atoms with van der Waals surface area (Å²) < 4.78 is 76.8. The van der Waals surface area contributed by atoms with E-state index in [2.05, 4.69) is 169 Å². The minimum Gasteiger partial charge on any atom is -0.494 e. The molecule has 2 aliphatic rings. The number of hydrogen-bond acceptors (Lipinski definition) is 42. The Balaban J connectivity index is -0.000000206. The molecule has 8 amide bonds. The van der Waals surface area contributed by atoms with E-state index in [1.807, 2.05) is 78.6 Å². The van der Waals surface area contributed by atoms with E-state index in [1.165, 1.54) is 121 Å². The van der Waals surface area contributed by atoms with Gasteiger partial charge in [-0.15, -0.1) is 23.5 Å². The van der Waals surface area contributed by atoms with Crippen LogP contribution in [0.5, 0.6) is 23.0 Å². The number of barbiturate groups is 2. The third kappa shape index (κ3) is 82.5. The van der Waals surface area contributed by atoms with Gasteiger partial charge in [-0.3, -0.25) is 79.1 Å². The van der Waals surface area contributed by atoms with Crippen LogP contribution < -0.4 is 61.7 Å². The Hall–Kier alpha value is -6.15. The third-order valence-corrected chi connectivity index (χ3v) is 17.4. The van der Waals surface area contributed by atoms with Crippen molar-refractivity contribution in [2.75, 3.05) is 137 Å². The van der Waals surface area contributed by atoms with E-state index < -0.39 is 78.4 Å². The van der Waals surface area contributed by atoms with Crippen molar-refractivity contribution in [3.8, 4) is 23.0 Å². The number of methoxy groups -OCH3 is 6. The number of para-hydroxylation sites is 1. The van der Waals surface area contributed by atoms with E-state index in [4.69, 9.17) is 88.1 Å². The molecule has 0 unspecified atom stereocenters. The van der Waals surface area contributed by atoms with Crippen molar-refractivity contribution >= 4 is 297 Å². The van der Waals surface area contributed by atoms with Gasteiger partial charge in [0.25, 0.3) is 23.8 Å². The smallest absolute Gasteiger partial charge is 0.339 e. The van der Waals surface area contributed by atoms with Crippen LogP contribution in [0.4, 0.5) is 21.2 Å². The Morgan fingerprint density at radius 2 is 1.02 bits per heavy atom.